The molecule has 7 nitrogen and oxygen atoms in total. The second-order valence-corrected chi connectivity index (χ2v) is 6.15. The number of carbonyl (C=O) groups excluding carboxylic acids is 3. The van der Waals surface area contributed by atoms with Crippen LogP contribution >= 0.6 is 0 Å². The molecule has 2 aliphatic heterocycles. The van der Waals surface area contributed by atoms with Crippen LogP contribution in [0.2, 0.25) is 0 Å². The van der Waals surface area contributed by atoms with E-state index in [1.165, 1.54) is 27.0 Å². The van der Waals surface area contributed by atoms with Gasteiger partial charge in [-0.15, -0.1) is 0 Å². The molecule has 0 atom stereocenters. The van der Waals surface area contributed by atoms with Gasteiger partial charge in [-0.3, -0.25) is 4.79 Å². The first-order valence-corrected chi connectivity index (χ1v) is 7.61. The Morgan fingerprint density at radius 1 is 1.25 bits per heavy atom. The number of hydrogen-bond donors (Lipinski definition) is 1. The summed E-state index contributed by atoms with van der Waals surface area (Å²) in [5.41, 5.74) is 2.43. The van der Waals surface area contributed by atoms with E-state index in [9.17, 15) is 14.4 Å². The maximum atomic E-state index is 11.9. The van der Waals surface area contributed by atoms with Crippen LogP contribution in [-0.2, 0) is 30.3 Å². The van der Waals surface area contributed by atoms with Crippen LogP contribution in [0.1, 0.15) is 26.3 Å². The summed E-state index contributed by atoms with van der Waals surface area (Å²) < 4.78 is 10.1. The van der Waals surface area contributed by atoms with Crippen LogP contribution < -0.4 is 10.2 Å². The van der Waals surface area contributed by atoms with Crippen LogP contribution in [-0.4, -0.2) is 30.2 Å². The molecule has 0 aliphatic carbocycles. The molecule has 2 heterocycles. The Labute approximate surface area is 139 Å². The second-order valence-electron chi connectivity index (χ2n) is 6.15. The maximum Gasteiger partial charge on any atom is 0.350 e. The molecule has 24 heavy (non-hydrogen) atoms. The van der Waals surface area contributed by atoms with E-state index in [2.05, 4.69) is 5.32 Å². The number of nitrogens with one attached hydrogen (secondary N) is 1. The third kappa shape index (κ3) is 2.97. The third-order valence-electron chi connectivity index (χ3n) is 3.86. The van der Waals surface area contributed by atoms with Gasteiger partial charge in [-0.25, -0.2) is 9.59 Å². The van der Waals surface area contributed by atoms with Gasteiger partial charge in [0.05, 0.1) is 0 Å². The smallest absolute Gasteiger partial charge is 0.350 e. The summed E-state index contributed by atoms with van der Waals surface area (Å²) in [4.78, 5) is 37.0. The minimum absolute atomic E-state index is 0.00638. The van der Waals surface area contributed by atoms with Crippen LogP contribution in [0.4, 0.5) is 11.4 Å². The highest BCUT2D eigenvalue weighted by Crippen LogP contribution is 2.30. The molecule has 1 amide bonds. The van der Waals surface area contributed by atoms with Crippen molar-refractivity contribution in [2.75, 3.05) is 16.8 Å². The van der Waals surface area contributed by atoms with Crippen molar-refractivity contribution in [2.24, 2.45) is 0 Å². The molecular formula is C17H18N2O5. The van der Waals surface area contributed by atoms with Crippen molar-refractivity contribution < 1.29 is 23.9 Å². The number of carbonyl (C=O) groups is 3. The highest BCUT2D eigenvalue weighted by atomic mass is 16.7. The quantitative estimate of drug-likeness (QED) is 0.505. The molecule has 0 bridgehead atoms. The average Bonchev–Trinajstić information content (AvgIpc) is 2.88. The number of benzene rings is 1. The number of cyclic esters (lactones) is 2. The number of fused-ring (bicyclic) bond motifs is 1. The maximum absolute atomic E-state index is 11.9. The minimum atomic E-state index is -1.25. The molecule has 0 unspecified atom stereocenters. The SMILES string of the molecule is CC(=O)N1CCc2cc(NC=C3C(=O)OC(C)(C)OC3=O)ccc21. The predicted octanol–water partition coefficient (Wildman–Crippen LogP) is 1.73. The molecule has 7 heteroatoms. The molecule has 126 valence electrons. The number of anilines is 2. The van der Waals surface area contributed by atoms with Crippen molar-refractivity contribution in [3.8, 4) is 0 Å². The van der Waals surface area contributed by atoms with Crippen LogP contribution in [0.5, 0.6) is 0 Å². The number of esters is 2. The van der Waals surface area contributed by atoms with Gasteiger partial charge in [0.15, 0.2) is 5.57 Å². The number of nitrogens with zero attached hydrogens (tertiary/aromatic N) is 1. The molecule has 1 saturated heterocycles. The zero-order valence-corrected chi connectivity index (χ0v) is 13.7. The lowest BCUT2D eigenvalue weighted by Gasteiger charge is -2.29. The fourth-order valence-corrected chi connectivity index (χ4v) is 2.75. The van der Waals surface area contributed by atoms with Gasteiger partial charge in [-0.05, 0) is 30.2 Å². The van der Waals surface area contributed by atoms with E-state index in [4.69, 9.17) is 9.47 Å². The molecular weight excluding hydrogens is 312 g/mol. The van der Waals surface area contributed by atoms with Crippen molar-refractivity contribution in [3.05, 3.63) is 35.5 Å². The van der Waals surface area contributed by atoms with Gasteiger partial charge in [0.2, 0.25) is 5.91 Å². The summed E-state index contributed by atoms with van der Waals surface area (Å²) >= 11 is 0. The van der Waals surface area contributed by atoms with Crippen LogP contribution in [0.3, 0.4) is 0 Å². The largest absolute Gasteiger partial charge is 0.419 e. The lowest BCUT2D eigenvalue weighted by atomic mass is 10.1. The van der Waals surface area contributed by atoms with Crippen molar-refractivity contribution >= 4 is 29.2 Å². The van der Waals surface area contributed by atoms with E-state index < -0.39 is 17.7 Å². The van der Waals surface area contributed by atoms with Gasteiger partial charge in [-0.1, -0.05) is 0 Å². The Morgan fingerprint density at radius 3 is 2.54 bits per heavy atom. The van der Waals surface area contributed by atoms with Crippen LogP contribution in [0, 0.1) is 0 Å². The molecule has 0 saturated carbocycles. The van der Waals surface area contributed by atoms with Crippen molar-refractivity contribution in [1.82, 2.24) is 0 Å². The van der Waals surface area contributed by atoms with Gasteiger partial charge in [0.1, 0.15) is 0 Å². The lowest BCUT2D eigenvalue weighted by Crippen LogP contribution is -2.42. The Morgan fingerprint density at radius 2 is 1.92 bits per heavy atom. The standard InChI is InChI=1S/C17H18N2O5/c1-10(20)19-7-6-11-8-12(4-5-14(11)19)18-9-13-15(21)23-17(2,3)24-16(13)22/h4-5,8-9,18H,6-7H2,1-3H3. The van der Waals surface area contributed by atoms with Crippen molar-refractivity contribution in [2.45, 2.75) is 33.0 Å². The molecule has 0 aromatic heterocycles. The van der Waals surface area contributed by atoms with E-state index in [0.717, 1.165) is 17.7 Å². The highest BCUT2D eigenvalue weighted by Gasteiger charge is 2.38. The van der Waals surface area contributed by atoms with Gasteiger partial charge in [0, 0.05) is 44.9 Å². The number of hydrogen-bond acceptors (Lipinski definition) is 6. The number of amides is 1. The second kappa shape index (κ2) is 5.67. The molecule has 3 rings (SSSR count). The fourth-order valence-electron chi connectivity index (χ4n) is 2.75. The van der Waals surface area contributed by atoms with Crippen LogP contribution in [0.25, 0.3) is 0 Å². The van der Waals surface area contributed by atoms with Crippen LogP contribution in [0.15, 0.2) is 30.0 Å². The van der Waals surface area contributed by atoms with Crippen molar-refractivity contribution in [1.29, 1.82) is 0 Å². The van der Waals surface area contributed by atoms with Crippen molar-refractivity contribution in [3.63, 3.8) is 0 Å². The van der Waals surface area contributed by atoms with E-state index in [-0.39, 0.29) is 11.5 Å². The lowest BCUT2D eigenvalue weighted by molar-refractivity contribution is -0.222. The minimum Gasteiger partial charge on any atom is -0.419 e. The third-order valence-corrected chi connectivity index (χ3v) is 3.86. The first-order valence-electron chi connectivity index (χ1n) is 7.61. The monoisotopic (exact) mass is 330 g/mol. The highest BCUT2D eigenvalue weighted by molar-refractivity contribution is 6.15. The summed E-state index contributed by atoms with van der Waals surface area (Å²) in [6.07, 6.45) is 2.04. The zero-order valence-electron chi connectivity index (χ0n) is 13.7. The average molecular weight is 330 g/mol. The number of ether oxygens (including phenoxy) is 2. The molecule has 0 radical (unpaired) electrons. The molecule has 1 aromatic carbocycles. The fraction of sp³-hybridized carbons (Fsp3) is 0.353. The Hall–Kier alpha value is -2.83. The Kier molecular flexibility index (Phi) is 3.79. The molecule has 1 aromatic rings. The van der Waals surface area contributed by atoms with Gasteiger partial charge in [0.25, 0.3) is 5.79 Å². The molecule has 1 N–H and O–H groups in total. The van der Waals surface area contributed by atoms with Gasteiger partial charge < -0.3 is 19.7 Å². The predicted molar refractivity (Wildman–Crippen MR) is 86.1 cm³/mol. The van der Waals surface area contributed by atoms with Gasteiger partial charge >= 0.3 is 11.9 Å². The summed E-state index contributed by atoms with van der Waals surface area (Å²) in [6.45, 7) is 5.18. The topological polar surface area (TPSA) is 84.9 Å². The van der Waals surface area contributed by atoms with E-state index in [0.29, 0.717) is 12.2 Å². The summed E-state index contributed by atoms with van der Waals surface area (Å²) in [6, 6.07) is 5.50. The first-order chi connectivity index (χ1) is 11.3. The Bertz CT molecular complexity index is 744. The molecule has 1 fully saturated rings. The summed E-state index contributed by atoms with van der Waals surface area (Å²) in [5.74, 6) is -2.71. The normalized spacial score (nSPS) is 18.6. The molecule has 2 aliphatic rings. The van der Waals surface area contributed by atoms with E-state index >= 15 is 0 Å². The van der Waals surface area contributed by atoms with Gasteiger partial charge in [-0.2, -0.15) is 0 Å². The van der Waals surface area contributed by atoms with E-state index in [1.54, 1.807) is 11.0 Å². The number of rotatable bonds is 2. The van der Waals surface area contributed by atoms with E-state index in [1.807, 2.05) is 12.1 Å². The Balaban J connectivity index is 1.77. The molecule has 0 spiro atoms. The zero-order chi connectivity index (χ0) is 17.5. The first kappa shape index (κ1) is 16.0. The summed E-state index contributed by atoms with van der Waals surface area (Å²) in [7, 11) is 0. The summed E-state index contributed by atoms with van der Waals surface area (Å²) in [5, 5.41) is 2.91.